The van der Waals surface area contributed by atoms with Crippen LogP contribution in [0.3, 0.4) is 0 Å². The molecule has 28 heavy (non-hydrogen) atoms. The summed E-state index contributed by atoms with van der Waals surface area (Å²) in [6.45, 7) is 0. The van der Waals surface area contributed by atoms with Crippen LogP contribution < -0.4 is 5.73 Å². The van der Waals surface area contributed by atoms with Gasteiger partial charge in [0.2, 0.25) is 0 Å². The fourth-order valence-corrected chi connectivity index (χ4v) is 3.26. The first-order valence-electron chi connectivity index (χ1n) is 8.14. The molecule has 138 valence electrons. The molecule has 0 amide bonds. The average Bonchev–Trinajstić information content (AvgIpc) is 2.67. The predicted octanol–water partition coefficient (Wildman–Crippen LogP) is 5.17. The van der Waals surface area contributed by atoms with Gasteiger partial charge in [-0.25, -0.2) is 4.98 Å². The summed E-state index contributed by atoms with van der Waals surface area (Å²) in [4.78, 5) is 22.2. The lowest BCUT2D eigenvalue weighted by Gasteiger charge is -2.11. The van der Waals surface area contributed by atoms with Crippen molar-refractivity contribution in [1.29, 1.82) is 0 Å². The van der Waals surface area contributed by atoms with Crippen molar-refractivity contribution in [3.8, 4) is 22.4 Å². The topological polar surface area (TPSA) is 111 Å². The SMILES string of the molecule is Nc1[nH]c(=S)nc2nc(-c3ccc([N+](=O)[O-])cc3)cc(-c3ccc(Cl)cc3)c12. The molecule has 0 aliphatic carbocycles. The summed E-state index contributed by atoms with van der Waals surface area (Å²) >= 11 is 11.1. The number of pyridine rings is 1. The van der Waals surface area contributed by atoms with E-state index >= 15 is 0 Å². The van der Waals surface area contributed by atoms with E-state index in [1.165, 1.54) is 12.1 Å². The zero-order valence-electron chi connectivity index (χ0n) is 14.2. The smallest absolute Gasteiger partial charge is 0.269 e. The third-order valence-corrected chi connectivity index (χ3v) is 4.69. The number of nitro groups is 1. The van der Waals surface area contributed by atoms with Crippen LogP contribution in [0.2, 0.25) is 5.02 Å². The van der Waals surface area contributed by atoms with Crippen LogP contribution >= 0.6 is 23.8 Å². The third-order valence-electron chi connectivity index (χ3n) is 4.25. The molecule has 4 rings (SSSR count). The number of nitrogens with zero attached hydrogens (tertiary/aromatic N) is 3. The number of nitrogens with two attached hydrogens (primary N) is 1. The number of nitrogens with one attached hydrogen (secondary N) is 1. The Labute approximate surface area is 169 Å². The largest absolute Gasteiger partial charge is 0.385 e. The molecule has 9 heteroatoms. The molecule has 0 unspecified atom stereocenters. The Morgan fingerprint density at radius 2 is 1.68 bits per heavy atom. The summed E-state index contributed by atoms with van der Waals surface area (Å²) in [7, 11) is 0. The van der Waals surface area contributed by atoms with Crippen LogP contribution in [0, 0.1) is 14.9 Å². The molecule has 0 aliphatic rings. The van der Waals surface area contributed by atoms with Gasteiger partial charge in [0, 0.05) is 22.7 Å². The first-order valence-corrected chi connectivity index (χ1v) is 8.92. The predicted molar refractivity (Wildman–Crippen MR) is 112 cm³/mol. The summed E-state index contributed by atoms with van der Waals surface area (Å²) in [5, 5.41) is 12.2. The molecule has 0 bridgehead atoms. The van der Waals surface area contributed by atoms with Crippen molar-refractivity contribution in [2.75, 3.05) is 5.73 Å². The highest BCUT2D eigenvalue weighted by atomic mass is 35.5. The maximum Gasteiger partial charge on any atom is 0.269 e. The number of H-pyrrole nitrogens is 1. The van der Waals surface area contributed by atoms with Gasteiger partial charge in [-0.15, -0.1) is 0 Å². The van der Waals surface area contributed by atoms with Crippen LogP contribution in [0.1, 0.15) is 0 Å². The molecule has 4 aromatic rings. The number of rotatable bonds is 3. The van der Waals surface area contributed by atoms with Crippen LogP contribution in [0.4, 0.5) is 11.5 Å². The van der Waals surface area contributed by atoms with Gasteiger partial charge in [0.05, 0.1) is 16.0 Å². The molecule has 0 spiro atoms. The standard InChI is InChI=1S/C19H12ClN5O2S/c20-12-5-1-10(2-6-12)14-9-15(11-3-7-13(8-4-11)25(26)27)22-18-16(14)17(21)23-19(28)24-18/h1-9H,(H3,21,22,23,24,28). The lowest BCUT2D eigenvalue weighted by atomic mass is 10.00. The van der Waals surface area contributed by atoms with Crippen LogP contribution in [-0.2, 0) is 0 Å². The van der Waals surface area contributed by atoms with Crippen molar-refractivity contribution in [2.24, 2.45) is 0 Å². The van der Waals surface area contributed by atoms with Gasteiger partial charge in [0.15, 0.2) is 10.4 Å². The number of aromatic amines is 1. The maximum absolute atomic E-state index is 10.9. The van der Waals surface area contributed by atoms with E-state index < -0.39 is 4.92 Å². The van der Waals surface area contributed by atoms with Crippen LogP contribution in [0.5, 0.6) is 0 Å². The number of aromatic nitrogens is 3. The first kappa shape index (κ1) is 18.0. The second-order valence-corrected chi connectivity index (χ2v) is 6.84. The lowest BCUT2D eigenvalue weighted by molar-refractivity contribution is -0.384. The fraction of sp³-hybridized carbons (Fsp3) is 0. The van der Waals surface area contributed by atoms with E-state index in [0.717, 1.165) is 11.1 Å². The first-order chi connectivity index (χ1) is 13.4. The minimum atomic E-state index is -0.446. The normalized spacial score (nSPS) is 10.9. The van der Waals surface area contributed by atoms with Gasteiger partial charge in [-0.1, -0.05) is 23.7 Å². The molecular weight excluding hydrogens is 398 g/mol. The number of hydrogen-bond donors (Lipinski definition) is 2. The van der Waals surface area contributed by atoms with Crippen molar-refractivity contribution in [3.63, 3.8) is 0 Å². The third kappa shape index (κ3) is 3.30. The van der Waals surface area contributed by atoms with E-state index in [1.54, 1.807) is 24.3 Å². The number of benzene rings is 2. The van der Waals surface area contributed by atoms with Crippen LogP contribution in [0.15, 0.2) is 54.6 Å². The summed E-state index contributed by atoms with van der Waals surface area (Å²) in [5.41, 5.74) is 9.54. The molecule has 2 heterocycles. The number of fused-ring (bicyclic) bond motifs is 1. The zero-order valence-corrected chi connectivity index (χ0v) is 15.8. The molecule has 2 aromatic heterocycles. The van der Waals surface area contributed by atoms with Gasteiger partial charge in [-0.2, -0.15) is 4.98 Å². The molecule has 7 nitrogen and oxygen atoms in total. The molecule has 0 fully saturated rings. The number of non-ortho nitro benzene ring substituents is 1. The number of anilines is 1. The Hall–Kier alpha value is -3.36. The zero-order chi connectivity index (χ0) is 19.8. The Kier molecular flexibility index (Phi) is 4.50. The molecule has 0 atom stereocenters. The van der Waals surface area contributed by atoms with Gasteiger partial charge in [-0.05, 0) is 53.7 Å². The van der Waals surface area contributed by atoms with E-state index in [-0.39, 0.29) is 10.5 Å². The van der Waals surface area contributed by atoms with E-state index in [9.17, 15) is 10.1 Å². The molecule has 0 radical (unpaired) electrons. The van der Waals surface area contributed by atoms with Gasteiger partial charge in [-0.3, -0.25) is 10.1 Å². The summed E-state index contributed by atoms with van der Waals surface area (Å²) in [5.74, 6) is 0.364. The summed E-state index contributed by atoms with van der Waals surface area (Å²) in [6, 6.07) is 15.3. The summed E-state index contributed by atoms with van der Waals surface area (Å²) in [6.07, 6.45) is 0. The highest BCUT2D eigenvalue weighted by molar-refractivity contribution is 7.71. The number of halogens is 1. The monoisotopic (exact) mass is 409 g/mol. The van der Waals surface area contributed by atoms with Gasteiger partial charge >= 0.3 is 0 Å². The molecule has 0 saturated carbocycles. The van der Waals surface area contributed by atoms with Crippen molar-refractivity contribution < 1.29 is 4.92 Å². The Morgan fingerprint density at radius 3 is 2.32 bits per heavy atom. The maximum atomic E-state index is 10.9. The quantitative estimate of drug-likeness (QED) is 0.274. The molecular formula is C19H12ClN5O2S. The van der Waals surface area contributed by atoms with Crippen molar-refractivity contribution in [2.45, 2.75) is 0 Å². The molecule has 0 aliphatic heterocycles. The van der Waals surface area contributed by atoms with Gasteiger partial charge in [0.25, 0.3) is 5.69 Å². The van der Waals surface area contributed by atoms with E-state index in [0.29, 0.717) is 33.1 Å². The Morgan fingerprint density at radius 1 is 1.04 bits per heavy atom. The molecule has 3 N–H and O–H groups in total. The fourth-order valence-electron chi connectivity index (χ4n) is 2.94. The van der Waals surface area contributed by atoms with E-state index in [4.69, 9.17) is 29.6 Å². The lowest BCUT2D eigenvalue weighted by Crippen LogP contribution is -2.00. The van der Waals surface area contributed by atoms with Crippen LogP contribution in [0.25, 0.3) is 33.4 Å². The average molecular weight is 410 g/mol. The van der Waals surface area contributed by atoms with Gasteiger partial charge in [0.1, 0.15) is 5.82 Å². The van der Waals surface area contributed by atoms with Crippen LogP contribution in [-0.4, -0.2) is 19.9 Å². The highest BCUT2D eigenvalue weighted by Gasteiger charge is 2.14. The summed E-state index contributed by atoms with van der Waals surface area (Å²) < 4.78 is 0.223. The van der Waals surface area contributed by atoms with E-state index in [1.807, 2.05) is 18.2 Å². The second kappa shape index (κ2) is 6.99. The second-order valence-electron chi connectivity index (χ2n) is 6.02. The number of hydrogen-bond acceptors (Lipinski definition) is 6. The van der Waals surface area contributed by atoms with Crippen molar-refractivity contribution in [1.82, 2.24) is 15.0 Å². The number of nitro benzene ring substituents is 1. The van der Waals surface area contributed by atoms with Crippen molar-refractivity contribution >= 4 is 46.4 Å². The minimum absolute atomic E-state index is 0.00674. The van der Waals surface area contributed by atoms with Gasteiger partial charge < -0.3 is 10.7 Å². The Balaban J connectivity index is 1.99. The minimum Gasteiger partial charge on any atom is -0.385 e. The molecule has 0 saturated heterocycles. The molecule has 2 aromatic carbocycles. The number of nitrogen functional groups attached to an aromatic ring is 1. The van der Waals surface area contributed by atoms with Crippen molar-refractivity contribution in [3.05, 3.63) is 74.5 Å². The van der Waals surface area contributed by atoms with E-state index in [2.05, 4.69) is 15.0 Å². The highest BCUT2D eigenvalue weighted by Crippen LogP contribution is 2.34. The Bertz CT molecular complexity index is 1270.